The molecule has 3 aromatic carbocycles. The maximum absolute atomic E-state index is 13.5. The van der Waals surface area contributed by atoms with E-state index in [4.69, 9.17) is 14.2 Å². The van der Waals surface area contributed by atoms with Gasteiger partial charge < -0.3 is 14.2 Å². The Morgan fingerprint density at radius 2 is 1.16 bits per heavy atom. The monoisotopic (exact) mass is 420 g/mol. The Kier molecular flexibility index (Phi) is 5.75. The Morgan fingerprint density at radius 3 is 1.71 bits per heavy atom. The summed E-state index contributed by atoms with van der Waals surface area (Å²) in [6.45, 7) is 0. The lowest BCUT2D eigenvalue weighted by atomic mass is 10.00. The van der Waals surface area contributed by atoms with Crippen LogP contribution < -0.4 is 14.2 Å². The number of halogens is 2. The Labute approximate surface area is 177 Å². The third-order valence-electron chi connectivity index (χ3n) is 4.59. The molecule has 0 aliphatic rings. The Bertz CT molecular complexity index is 1180. The van der Waals surface area contributed by atoms with E-state index in [2.05, 4.69) is 10.2 Å². The number of hydrogen-bond acceptors (Lipinski definition) is 5. The molecule has 5 nitrogen and oxygen atoms in total. The number of aromatic nitrogens is 2. The smallest absolute Gasteiger partial charge is 0.239 e. The van der Waals surface area contributed by atoms with Crippen LogP contribution in [0.1, 0.15) is 0 Å². The zero-order valence-corrected chi connectivity index (χ0v) is 16.8. The summed E-state index contributed by atoms with van der Waals surface area (Å²) in [6, 6.07) is 19.4. The van der Waals surface area contributed by atoms with Crippen LogP contribution in [0.15, 0.2) is 72.8 Å². The summed E-state index contributed by atoms with van der Waals surface area (Å²) in [5.74, 6) is 0.0402. The van der Waals surface area contributed by atoms with E-state index >= 15 is 0 Å². The third kappa shape index (κ3) is 4.61. The molecule has 0 unspecified atom stereocenters. The van der Waals surface area contributed by atoms with Crippen LogP contribution in [0.25, 0.3) is 22.4 Å². The lowest BCUT2D eigenvalue weighted by molar-refractivity contribution is 0.414. The lowest BCUT2D eigenvalue weighted by Crippen LogP contribution is -1.97. The number of hydrogen-bond donors (Lipinski definition) is 0. The molecule has 0 aliphatic heterocycles. The Hall–Kier alpha value is -4.00. The van der Waals surface area contributed by atoms with Gasteiger partial charge in [0.05, 0.1) is 14.2 Å². The summed E-state index contributed by atoms with van der Waals surface area (Å²) in [6.07, 6.45) is 0. The first kappa shape index (κ1) is 20.3. The highest BCUT2D eigenvalue weighted by Gasteiger charge is 2.14. The van der Waals surface area contributed by atoms with E-state index in [1.165, 1.54) is 0 Å². The summed E-state index contributed by atoms with van der Waals surface area (Å²) in [5.41, 5.74) is 3.01. The van der Waals surface area contributed by atoms with Gasteiger partial charge in [0.1, 0.15) is 34.6 Å². The first-order valence-electron chi connectivity index (χ1n) is 9.36. The lowest BCUT2D eigenvalue weighted by Gasteiger charge is -2.12. The maximum Gasteiger partial charge on any atom is 0.239 e. The van der Waals surface area contributed by atoms with E-state index in [1.807, 2.05) is 48.5 Å². The van der Waals surface area contributed by atoms with Gasteiger partial charge in [0.2, 0.25) is 5.88 Å². The zero-order chi connectivity index (χ0) is 21.8. The van der Waals surface area contributed by atoms with Crippen LogP contribution in [0.3, 0.4) is 0 Å². The molecule has 0 radical (unpaired) electrons. The zero-order valence-electron chi connectivity index (χ0n) is 16.8. The molecule has 0 bridgehead atoms. The van der Waals surface area contributed by atoms with Crippen molar-refractivity contribution in [1.29, 1.82) is 0 Å². The second-order valence-electron chi connectivity index (χ2n) is 6.61. The molecule has 0 fully saturated rings. The minimum atomic E-state index is -0.742. The van der Waals surface area contributed by atoms with Gasteiger partial charge in [0, 0.05) is 35.4 Å². The fourth-order valence-electron chi connectivity index (χ4n) is 3.08. The van der Waals surface area contributed by atoms with Crippen LogP contribution in [-0.4, -0.2) is 24.4 Å². The van der Waals surface area contributed by atoms with Gasteiger partial charge in [-0.3, -0.25) is 0 Å². The van der Waals surface area contributed by atoms with E-state index in [-0.39, 0.29) is 11.6 Å². The van der Waals surface area contributed by atoms with Gasteiger partial charge in [-0.25, -0.2) is 8.78 Å². The molecule has 1 aromatic heterocycles. The average Bonchev–Trinajstić information content (AvgIpc) is 2.78. The first-order valence-corrected chi connectivity index (χ1v) is 9.36. The van der Waals surface area contributed by atoms with E-state index < -0.39 is 11.6 Å². The highest BCUT2D eigenvalue weighted by molar-refractivity contribution is 5.81. The molecule has 0 atom stereocenters. The van der Waals surface area contributed by atoms with Crippen LogP contribution in [0.2, 0.25) is 0 Å². The molecule has 0 saturated carbocycles. The summed E-state index contributed by atoms with van der Waals surface area (Å²) in [7, 11) is 3.19. The van der Waals surface area contributed by atoms with Gasteiger partial charge >= 0.3 is 0 Å². The van der Waals surface area contributed by atoms with Crippen LogP contribution in [0.5, 0.6) is 23.1 Å². The quantitative estimate of drug-likeness (QED) is 0.389. The van der Waals surface area contributed by atoms with Crippen LogP contribution in [0, 0.1) is 11.6 Å². The highest BCUT2D eigenvalue weighted by atomic mass is 19.1. The summed E-state index contributed by atoms with van der Waals surface area (Å²) >= 11 is 0. The second kappa shape index (κ2) is 8.79. The Balaban J connectivity index is 1.78. The number of ether oxygens (including phenoxy) is 3. The van der Waals surface area contributed by atoms with Gasteiger partial charge in [-0.1, -0.05) is 12.1 Å². The predicted octanol–water partition coefficient (Wildman–Crippen LogP) is 5.90. The first-order chi connectivity index (χ1) is 15.1. The van der Waals surface area contributed by atoms with Crippen molar-refractivity contribution >= 4 is 0 Å². The van der Waals surface area contributed by atoms with Gasteiger partial charge in [-0.05, 0) is 42.0 Å². The topological polar surface area (TPSA) is 53.5 Å². The van der Waals surface area contributed by atoms with Crippen molar-refractivity contribution in [1.82, 2.24) is 10.2 Å². The molecule has 7 heteroatoms. The number of rotatable bonds is 6. The molecule has 156 valence electrons. The summed E-state index contributed by atoms with van der Waals surface area (Å²) < 4.78 is 43.1. The fraction of sp³-hybridized carbons (Fsp3) is 0.0833. The van der Waals surface area contributed by atoms with E-state index in [0.29, 0.717) is 11.4 Å². The molecular formula is C24H18F2N2O3. The standard InChI is InChI=1S/C24H18F2N2O3/c1-29-19-7-3-15(4-8-19)22-14-23(31-21-12-17(25)11-18(26)13-21)27-28-24(22)16-5-9-20(30-2)10-6-16/h3-14H,1-2H3. The molecule has 4 rings (SSSR count). The van der Waals surface area contributed by atoms with Crippen molar-refractivity contribution in [3.05, 3.63) is 84.4 Å². The number of benzene rings is 3. The van der Waals surface area contributed by atoms with E-state index in [0.717, 1.165) is 40.6 Å². The van der Waals surface area contributed by atoms with Crippen LogP contribution in [0.4, 0.5) is 8.78 Å². The maximum atomic E-state index is 13.5. The Morgan fingerprint density at radius 1 is 0.613 bits per heavy atom. The molecule has 0 spiro atoms. The van der Waals surface area contributed by atoms with Crippen molar-refractivity contribution in [2.45, 2.75) is 0 Å². The fourth-order valence-corrected chi connectivity index (χ4v) is 3.08. The van der Waals surface area contributed by atoms with E-state index in [1.54, 1.807) is 20.3 Å². The minimum absolute atomic E-state index is 0.00956. The van der Waals surface area contributed by atoms with E-state index in [9.17, 15) is 8.78 Å². The highest BCUT2D eigenvalue weighted by Crippen LogP contribution is 2.34. The van der Waals surface area contributed by atoms with Crippen LogP contribution in [-0.2, 0) is 0 Å². The molecule has 0 aliphatic carbocycles. The van der Waals surface area contributed by atoms with Crippen molar-refractivity contribution in [2.75, 3.05) is 14.2 Å². The minimum Gasteiger partial charge on any atom is -0.497 e. The van der Waals surface area contributed by atoms with Crippen molar-refractivity contribution in [3.63, 3.8) is 0 Å². The van der Waals surface area contributed by atoms with Gasteiger partial charge in [-0.2, -0.15) is 0 Å². The number of nitrogens with zero attached hydrogens (tertiary/aromatic N) is 2. The normalized spacial score (nSPS) is 10.6. The average molecular weight is 420 g/mol. The molecule has 0 saturated heterocycles. The van der Waals surface area contributed by atoms with Gasteiger partial charge in [0.15, 0.2) is 0 Å². The predicted molar refractivity (Wildman–Crippen MR) is 112 cm³/mol. The number of methoxy groups -OCH3 is 2. The SMILES string of the molecule is COc1ccc(-c2cc(Oc3cc(F)cc(F)c3)nnc2-c2ccc(OC)cc2)cc1. The molecule has 31 heavy (non-hydrogen) atoms. The second-order valence-corrected chi connectivity index (χ2v) is 6.61. The van der Waals surface area contributed by atoms with Gasteiger partial charge in [-0.15, -0.1) is 10.2 Å². The molecule has 0 amide bonds. The largest absolute Gasteiger partial charge is 0.497 e. The van der Waals surface area contributed by atoms with Gasteiger partial charge in [0.25, 0.3) is 0 Å². The third-order valence-corrected chi connectivity index (χ3v) is 4.59. The summed E-state index contributed by atoms with van der Waals surface area (Å²) in [5, 5.41) is 8.43. The molecule has 0 N–H and O–H groups in total. The molecule has 1 heterocycles. The molecular weight excluding hydrogens is 402 g/mol. The van der Waals surface area contributed by atoms with Crippen molar-refractivity contribution < 1.29 is 23.0 Å². The van der Waals surface area contributed by atoms with Crippen molar-refractivity contribution in [3.8, 4) is 45.5 Å². The molecule has 4 aromatic rings. The van der Waals surface area contributed by atoms with Crippen molar-refractivity contribution in [2.24, 2.45) is 0 Å². The summed E-state index contributed by atoms with van der Waals surface area (Å²) in [4.78, 5) is 0. The van der Waals surface area contributed by atoms with Crippen LogP contribution >= 0.6 is 0 Å².